The Hall–Kier alpha value is -0.250. The molecule has 1 N–H and O–H groups in total. The largest absolute Gasteiger partial charge is 0.304 e. The van der Waals surface area contributed by atoms with Gasteiger partial charge < -0.3 is 5.32 Å². The van der Waals surface area contributed by atoms with E-state index in [1.807, 2.05) is 0 Å². The first-order chi connectivity index (χ1) is 8.97. The Morgan fingerprint density at radius 3 is 2.79 bits per heavy atom. The molecule has 4 nitrogen and oxygen atoms in total. The van der Waals surface area contributed by atoms with E-state index in [4.69, 9.17) is 11.6 Å². The molecule has 0 bridgehead atoms. The molecule has 19 heavy (non-hydrogen) atoms. The van der Waals surface area contributed by atoms with Gasteiger partial charge in [-0.2, -0.15) is 0 Å². The zero-order valence-corrected chi connectivity index (χ0v) is 15.2. The lowest BCUT2D eigenvalue weighted by atomic mass is 10.2. The number of amides is 1. The van der Waals surface area contributed by atoms with Crippen LogP contribution in [0.2, 0.25) is 5.02 Å². The minimum atomic E-state index is -0.288. The minimum Gasteiger partial charge on any atom is -0.304 e. The monoisotopic (exact) mass is 515 g/mol. The van der Waals surface area contributed by atoms with Gasteiger partial charge in [-0.1, -0.05) is 11.6 Å². The van der Waals surface area contributed by atoms with E-state index >= 15 is 0 Å². The van der Waals surface area contributed by atoms with Crippen molar-refractivity contribution < 1.29 is 4.79 Å². The highest BCUT2D eigenvalue weighted by atomic mass is 127. The Kier molecular flexibility index (Phi) is 5.15. The number of nitrogens with one attached hydrogen (secondary N) is 1. The second-order valence-electron chi connectivity index (χ2n) is 3.41. The first-order valence-electron chi connectivity index (χ1n) is 4.92. The number of nitrogens with zero attached hydrogens (tertiary/aromatic N) is 2. The van der Waals surface area contributed by atoms with Crippen LogP contribution in [0.5, 0.6) is 0 Å². The molecule has 0 saturated carbocycles. The quantitative estimate of drug-likeness (QED) is 0.597. The van der Waals surface area contributed by atoms with Crippen LogP contribution >= 0.6 is 66.1 Å². The van der Waals surface area contributed by atoms with E-state index < -0.39 is 0 Å². The van der Waals surface area contributed by atoms with Crippen molar-refractivity contribution in [2.45, 2.75) is 0 Å². The number of aromatic nitrogens is 2. The van der Waals surface area contributed by atoms with Crippen LogP contribution in [0.25, 0.3) is 0 Å². The molecule has 0 aliphatic carbocycles. The standard InChI is InChI=1S/C11H5Br2ClIN3O/c12-8-4-16-10(9(13)17-8)18-11(19)6-3-5(14)1-2-7(6)15/h1-4H,(H,16,18,19). The fourth-order valence-electron chi connectivity index (χ4n) is 1.28. The predicted octanol–water partition coefficient (Wildman–Crippen LogP) is 4.51. The number of hydrogen-bond donors (Lipinski definition) is 1. The average molecular weight is 517 g/mol. The van der Waals surface area contributed by atoms with Gasteiger partial charge in [0.2, 0.25) is 0 Å². The van der Waals surface area contributed by atoms with Gasteiger partial charge in [-0.25, -0.2) is 9.97 Å². The lowest BCUT2D eigenvalue weighted by Gasteiger charge is -2.07. The van der Waals surface area contributed by atoms with Crippen LogP contribution in [-0.4, -0.2) is 15.9 Å². The molecule has 0 aliphatic heterocycles. The smallest absolute Gasteiger partial charge is 0.258 e. The molecule has 8 heteroatoms. The summed E-state index contributed by atoms with van der Waals surface area (Å²) in [7, 11) is 0. The van der Waals surface area contributed by atoms with E-state index in [-0.39, 0.29) is 5.91 Å². The highest BCUT2D eigenvalue weighted by Gasteiger charge is 2.13. The van der Waals surface area contributed by atoms with Crippen LogP contribution in [0.4, 0.5) is 5.82 Å². The summed E-state index contributed by atoms with van der Waals surface area (Å²) in [4.78, 5) is 20.3. The van der Waals surface area contributed by atoms with Crippen LogP contribution in [-0.2, 0) is 0 Å². The van der Waals surface area contributed by atoms with Gasteiger partial charge in [-0.15, -0.1) is 0 Å². The second-order valence-corrected chi connectivity index (χ2v) is 6.57. The fraction of sp³-hybridized carbons (Fsp3) is 0. The van der Waals surface area contributed by atoms with E-state index in [9.17, 15) is 4.79 Å². The third-order valence-electron chi connectivity index (χ3n) is 2.11. The van der Waals surface area contributed by atoms with Crippen LogP contribution in [0.3, 0.4) is 0 Å². The first-order valence-corrected chi connectivity index (χ1v) is 7.96. The zero-order chi connectivity index (χ0) is 14.0. The number of halogens is 4. The normalized spacial score (nSPS) is 10.3. The van der Waals surface area contributed by atoms with E-state index in [0.717, 1.165) is 3.57 Å². The van der Waals surface area contributed by atoms with Crippen molar-refractivity contribution in [3.05, 3.63) is 47.8 Å². The van der Waals surface area contributed by atoms with E-state index in [1.54, 1.807) is 18.2 Å². The van der Waals surface area contributed by atoms with Crippen molar-refractivity contribution in [1.82, 2.24) is 9.97 Å². The molecule has 0 saturated heterocycles. The number of hydrogen-bond acceptors (Lipinski definition) is 3. The molecule has 1 aromatic carbocycles. The Morgan fingerprint density at radius 2 is 2.11 bits per heavy atom. The maximum absolute atomic E-state index is 12.1. The van der Waals surface area contributed by atoms with Crippen molar-refractivity contribution in [3.8, 4) is 0 Å². The Bertz CT molecular complexity index is 654. The predicted molar refractivity (Wildman–Crippen MR) is 89.6 cm³/mol. The maximum atomic E-state index is 12.1. The van der Waals surface area contributed by atoms with Crippen molar-refractivity contribution in [2.24, 2.45) is 0 Å². The minimum absolute atomic E-state index is 0.288. The second kappa shape index (κ2) is 6.47. The van der Waals surface area contributed by atoms with Gasteiger partial charge in [-0.3, -0.25) is 4.79 Å². The molecular weight excluding hydrogens is 512 g/mol. The summed E-state index contributed by atoms with van der Waals surface area (Å²) >= 11 is 14.4. The van der Waals surface area contributed by atoms with Crippen LogP contribution in [0.15, 0.2) is 33.6 Å². The fourth-order valence-corrected chi connectivity index (χ4v) is 2.94. The van der Waals surface area contributed by atoms with Crippen molar-refractivity contribution >= 4 is 77.8 Å². The van der Waals surface area contributed by atoms with Gasteiger partial charge in [0.15, 0.2) is 5.82 Å². The van der Waals surface area contributed by atoms with Crippen molar-refractivity contribution in [2.75, 3.05) is 5.32 Å². The van der Waals surface area contributed by atoms with Crippen LogP contribution in [0.1, 0.15) is 10.4 Å². The summed E-state index contributed by atoms with van der Waals surface area (Å²) < 4.78 is 1.84. The summed E-state index contributed by atoms with van der Waals surface area (Å²) in [6, 6.07) is 5.12. The average Bonchev–Trinajstić information content (AvgIpc) is 2.35. The van der Waals surface area contributed by atoms with Gasteiger partial charge in [0.05, 0.1) is 11.8 Å². The highest BCUT2D eigenvalue weighted by Crippen LogP contribution is 2.22. The van der Waals surface area contributed by atoms with Crippen LogP contribution in [0, 0.1) is 3.57 Å². The van der Waals surface area contributed by atoms with Gasteiger partial charge in [0.25, 0.3) is 5.91 Å². The lowest BCUT2D eigenvalue weighted by molar-refractivity contribution is 0.102. The number of benzene rings is 1. The Labute approximate surface area is 144 Å². The van der Waals surface area contributed by atoms with Gasteiger partial charge in [-0.05, 0) is 72.6 Å². The summed E-state index contributed by atoms with van der Waals surface area (Å²) in [5, 5.41) is 3.18. The molecule has 0 atom stereocenters. The molecule has 1 heterocycles. The van der Waals surface area contributed by atoms with Gasteiger partial charge >= 0.3 is 0 Å². The van der Waals surface area contributed by atoms with E-state index in [1.165, 1.54) is 6.20 Å². The lowest BCUT2D eigenvalue weighted by Crippen LogP contribution is -2.15. The van der Waals surface area contributed by atoms with Gasteiger partial charge in [0, 0.05) is 8.59 Å². The van der Waals surface area contributed by atoms with Crippen LogP contribution < -0.4 is 5.32 Å². The van der Waals surface area contributed by atoms with E-state index in [0.29, 0.717) is 25.6 Å². The Balaban J connectivity index is 2.28. The maximum Gasteiger partial charge on any atom is 0.258 e. The molecule has 2 rings (SSSR count). The van der Waals surface area contributed by atoms with Gasteiger partial charge in [0.1, 0.15) is 9.21 Å². The molecule has 2 aromatic rings. The van der Waals surface area contributed by atoms with E-state index in [2.05, 4.69) is 69.7 Å². The molecule has 0 aliphatic rings. The number of carbonyl (C=O) groups excluding carboxylic acids is 1. The summed E-state index contributed by atoms with van der Waals surface area (Å²) in [5.74, 6) is 0.0631. The summed E-state index contributed by atoms with van der Waals surface area (Å²) in [6.45, 7) is 0. The summed E-state index contributed by atoms with van der Waals surface area (Å²) in [5.41, 5.74) is 0.490. The number of carbonyl (C=O) groups is 1. The molecular formula is C11H5Br2ClIN3O. The van der Waals surface area contributed by atoms with Crippen molar-refractivity contribution in [3.63, 3.8) is 0 Å². The number of rotatable bonds is 2. The molecule has 0 radical (unpaired) electrons. The Morgan fingerprint density at radius 1 is 1.37 bits per heavy atom. The molecule has 0 fully saturated rings. The topological polar surface area (TPSA) is 54.9 Å². The number of anilines is 1. The molecule has 0 spiro atoms. The SMILES string of the molecule is O=C(Nc1ncc(Br)nc1Br)c1cc(Cl)ccc1I. The molecule has 98 valence electrons. The summed E-state index contributed by atoms with van der Waals surface area (Å²) in [6.07, 6.45) is 1.50. The third kappa shape index (κ3) is 3.87. The molecule has 1 amide bonds. The van der Waals surface area contributed by atoms with Crippen molar-refractivity contribution in [1.29, 1.82) is 0 Å². The molecule has 0 unspecified atom stereocenters. The zero-order valence-electron chi connectivity index (χ0n) is 9.12. The third-order valence-corrected chi connectivity index (χ3v) is 4.22. The first kappa shape index (κ1) is 15.1. The highest BCUT2D eigenvalue weighted by molar-refractivity contribution is 14.1. The molecule has 1 aromatic heterocycles.